The van der Waals surface area contributed by atoms with Gasteiger partial charge in [-0.2, -0.15) is 0 Å². The highest BCUT2D eigenvalue weighted by Crippen LogP contribution is 2.11. The Morgan fingerprint density at radius 2 is 2.44 bits per heavy atom. The number of hydrogen-bond acceptors (Lipinski definition) is 4. The van der Waals surface area contributed by atoms with Crippen LogP contribution in [0.4, 0.5) is 0 Å². The first kappa shape index (κ1) is 11.5. The van der Waals surface area contributed by atoms with E-state index in [0.717, 1.165) is 17.9 Å². The Hall–Kier alpha value is -0.940. The molecule has 0 aromatic carbocycles. The molecule has 16 heavy (non-hydrogen) atoms. The highest BCUT2D eigenvalue weighted by atomic mass is 32.2. The Kier molecular flexibility index (Phi) is 3.90. The van der Waals surface area contributed by atoms with Crippen molar-refractivity contribution in [3.63, 3.8) is 0 Å². The van der Waals surface area contributed by atoms with E-state index in [4.69, 9.17) is 4.52 Å². The normalized spacial score (nSPS) is 12.8. The lowest BCUT2D eigenvalue weighted by atomic mass is 10.4. The number of thiophene rings is 1. The van der Waals surface area contributed by atoms with Crippen molar-refractivity contribution in [1.29, 1.82) is 0 Å². The van der Waals surface area contributed by atoms with Crippen molar-refractivity contribution in [2.24, 2.45) is 0 Å². The van der Waals surface area contributed by atoms with Crippen LogP contribution in [-0.4, -0.2) is 15.1 Å². The molecular weight excluding hydrogens is 242 g/mol. The second-order valence-corrected chi connectivity index (χ2v) is 6.16. The van der Waals surface area contributed by atoms with E-state index in [9.17, 15) is 4.21 Å². The van der Waals surface area contributed by atoms with Crippen molar-refractivity contribution in [1.82, 2.24) is 5.16 Å². The Morgan fingerprint density at radius 3 is 3.06 bits per heavy atom. The van der Waals surface area contributed by atoms with E-state index in [2.05, 4.69) is 11.2 Å². The molecule has 1 unspecified atom stereocenters. The summed E-state index contributed by atoms with van der Waals surface area (Å²) in [6.07, 6.45) is 0.876. The lowest BCUT2D eigenvalue weighted by molar-refractivity contribution is 0.392. The van der Waals surface area contributed by atoms with E-state index >= 15 is 0 Å². The molecule has 0 radical (unpaired) electrons. The summed E-state index contributed by atoms with van der Waals surface area (Å²) in [7, 11) is -0.858. The van der Waals surface area contributed by atoms with Crippen molar-refractivity contribution in [3.8, 4) is 0 Å². The highest BCUT2D eigenvalue weighted by molar-refractivity contribution is 7.84. The van der Waals surface area contributed by atoms with E-state index in [-0.39, 0.29) is 0 Å². The first-order valence-corrected chi connectivity index (χ1v) is 7.40. The van der Waals surface area contributed by atoms with Gasteiger partial charge in [0.1, 0.15) is 5.76 Å². The Labute approximate surface area is 101 Å². The standard InChI is InChI=1S/C11H13NO2S2/c1-9-7-10(12-14-9)8-16(13)6-4-11-3-2-5-15-11/h2-3,5,7H,4,6,8H2,1H3. The van der Waals surface area contributed by atoms with Gasteiger partial charge in [-0.25, -0.2) is 0 Å². The maximum Gasteiger partial charge on any atom is 0.133 e. The third kappa shape index (κ3) is 3.28. The molecule has 3 nitrogen and oxygen atoms in total. The molecular formula is C11H13NO2S2. The van der Waals surface area contributed by atoms with Gasteiger partial charge in [-0.3, -0.25) is 4.21 Å². The summed E-state index contributed by atoms with van der Waals surface area (Å²) in [4.78, 5) is 1.28. The molecule has 2 heterocycles. The zero-order valence-corrected chi connectivity index (χ0v) is 10.6. The van der Waals surface area contributed by atoms with Crippen molar-refractivity contribution >= 4 is 22.1 Å². The van der Waals surface area contributed by atoms with Gasteiger partial charge in [0.25, 0.3) is 0 Å². The van der Waals surface area contributed by atoms with Crippen LogP contribution >= 0.6 is 11.3 Å². The van der Waals surface area contributed by atoms with Gasteiger partial charge in [-0.15, -0.1) is 11.3 Å². The largest absolute Gasteiger partial charge is 0.361 e. The molecule has 0 aliphatic heterocycles. The molecule has 0 amide bonds. The molecule has 0 aliphatic carbocycles. The van der Waals surface area contributed by atoms with Gasteiger partial charge in [-0.05, 0) is 24.8 Å². The zero-order valence-electron chi connectivity index (χ0n) is 9.01. The van der Waals surface area contributed by atoms with E-state index in [1.54, 1.807) is 11.3 Å². The molecule has 2 aromatic rings. The average Bonchev–Trinajstić information content (AvgIpc) is 2.87. The van der Waals surface area contributed by atoms with Gasteiger partial charge in [0.05, 0.1) is 11.4 Å². The fourth-order valence-electron chi connectivity index (χ4n) is 1.39. The zero-order chi connectivity index (χ0) is 11.4. The average molecular weight is 255 g/mol. The van der Waals surface area contributed by atoms with Crippen LogP contribution in [0.1, 0.15) is 16.3 Å². The number of aryl methyl sites for hydroxylation is 2. The first-order chi connectivity index (χ1) is 7.74. The minimum absolute atomic E-state index is 0.489. The van der Waals surface area contributed by atoms with Crippen LogP contribution in [0.25, 0.3) is 0 Å². The molecule has 5 heteroatoms. The minimum Gasteiger partial charge on any atom is -0.361 e. The molecule has 2 rings (SSSR count). The Bertz CT molecular complexity index is 462. The number of hydrogen-bond donors (Lipinski definition) is 0. The fourth-order valence-corrected chi connectivity index (χ4v) is 3.29. The highest BCUT2D eigenvalue weighted by Gasteiger charge is 2.06. The molecule has 1 atom stereocenters. The molecule has 86 valence electrons. The lowest BCUT2D eigenvalue weighted by Gasteiger charge is -1.97. The second-order valence-electron chi connectivity index (χ2n) is 3.55. The molecule has 0 bridgehead atoms. The van der Waals surface area contributed by atoms with Crippen LogP contribution in [-0.2, 0) is 23.0 Å². The summed E-state index contributed by atoms with van der Waals surface area (Å²) < 4.78 is 16.7. The summed E-state index contributed by atoms with van der Waals surface area (Å²) in [5, 5.41) is 5.88. The molecule has 0 saturated carbocycles. The van der Waals surface area contributed by atoms with Gasteiger partial charge in [-0.1, -0.05) is 11.2 Å². The van der Waals surface area contributed by atoms with E-state index in [1.165, 1.54) is 4.88 Å². The van der Waals surface area contributed by atoms with Gasteiger partial charge in [0, 0.05) is 27.5 Å². The molecule has 2 aromatic heterocycles. The fraction of sp³-hybridized carbons (Fsp3) is 0.364. The maximum absolute atomic E-state index is 11.8. The maximum atomic E-state index is 11.8. The van der Waals surface area contributed by atoms with Gasteiger partial charge < -0.3 is 4.52 Å². The van der Waals surface area contributed by atoms with Crippen LogP contribution in [0, 0.1) is 6.92 Å². The second kappa shape index (κ2) is 5.41. The van der Waals surface area contributed by atoms with Crippen LogP contribution < -0.4 is 0 Å². The van der Waals surface area contributed by atoms with Crippen molar-refractivity contribution in [3.05, 3.63) is 39.9 Å². The topological polar surface area (TPSA) is 43.1 Å². The molecule has 0 aliphatic rings. The number of nitrogens with zero attached hydrogens (tertiary/aromatic N) is 1. The number of rotatable bonds is 5. The van der Waals surface area contributed by atoms with Gasteiger partial charge in [0.15, 0.2) is 0 Å². The van der Waals surface area contributed by atoms with Crippen molar-refractivity contribution in [2.45, 2.75) is 19.1 Å². The smallest absolute Gasteiger partial charge is 0.133 e. The third-order valence-electron chi connectivity index (χ3n) is 2.14. The molecule has 0 N–H and O–H groups in total. The van der Waals surface area contributed by atoms with Gasteiger partial charge in [0.2, 0.25) is 0 Å². The molecule has 0 saturated heterocycles. The number of aromatic nitrogens is 1. The summed E-state index contributed by atoms with van der Waals surface area (Å²) in [6.45, 7) is 1.84. The quantitative estimate of drug-likeness (QED) is 0.824. The van der Waals surface area contributed by atoms with E-state index in [1.807, 2.05) is 24.4 Å². The van der Waals surface area contributed by atoms with E-state index in [0.29, 0.717) is 11.5 Å². The summed E-state index contributed by atoms with van der Waals surface area (Å²) >= 11 is 1.71. The summed E-state index contributed by atoms with van der Waals surface area (Å²) in [5.41, 5.74) is 0.780. The summed E-state index contributed by atoms with van der Waals surface area (Å²) in [5.74, 6) is 1.94. The van der Waals surface area contributed by atoms with Crippen LogP contribution in [0.3, 0.4) is 0 Å². The molecule has 0 spiro atoms. The minimum atomic E-state index is -0.858. The third-order valence-corrected chi connectivity index (χ3v) is 4.36. The Balaban J connectivity index is 1.81. The SMILES string of the molecule is Cc1cc(CS(=O)CCc2cccs2)no1. The van der Waals surface area contributed by atoms with Crippen LogP contribution in [0.5, 0.6) is 0 Å². The van der Waals surface area contributed by atoms with Crippen LogP contribution in [0.15, 0.2) is 28.1 Å². The van der Waals surface area contributed by atoms with E-state index < -0.39 is 10.8 Å². The lowest BCUT2D eigenvalue weighted by Crippen LogP contribution is -2.03. The predicted octanol–water partition coefficient (Wildman–Crippen LogP) is 2.54. The van der Waals surface area contributed by atoms with Crippen LogP contribution in [0.2, 0.25) is 0 Å². The van der Waals surface area contributed by atoms with Crippen molar-refractivity contribution in [2.75, 3.05) is 5.75 Å². The predicted molar refractivity (Wildman–Crippen MR) is 66.0 cm³/mol. The molecule has 0 fully saturated rings. The Morgan fingerprint density at radius 1 is 1.56 bits per heavy atom. The summed E-state index contributed by atoms with van der Waals surface area (Å²) in [6, 6.07) is 5.93. The monoisotopic (exact) mass is 255 g/mol. The first-order valence-electron chi connectivity index (χ1n) is 5.03. The van der Waals surface area contributed by atoms with Crippen molar-refractivity contribution < 1.29 is 8.73 Å². The van der Waals surface area contributed by atoms with Gasteiger partial charge >= 0.3 is 0 Å².